The zero-order chi connectivity index (χ0) is 28.0. The van der Waals surface area contributed by atoms with Crippen LogP contribution < -0.4 is 10.0 Å². The third kappa shape index (κ3) is 7.84. The molecule has 1 saturated heterocycles. The molecule has 3 aromatic rings. The SMILES string of the molecule is Cc1cc(C)nc(NS(=O)(=O)c2ccc(NC(=O)C3CCN(S(=O)(=O)CCCc4ccccc4)CC3)cc2)n1. The smallest absolute Gasteiger partial charge is 0.264 e. The van der Waals surface area contributed by atoms with E-state index in [0.717, 1.165) is 5.56 Å². The summed E-state index contributed by atoms with van der Waals surface area (Å²) in [6, 6.07) is 17.3. The Morgan fingerprint density at radius 1 is 0.923 bits per heavy atom. The molecule has 1 aromatic heterocycles. The summed E-state index contributed by atoms with van der Waals surface area (Å²) in [6.07, 6.45) is 2.10. The minimum Gasteiger partial charge on any atom is -0.326 e. The third-order valence-corrected chi connectivity index (χ3v) is 9.87. The Kier molecular flexibility index (Phi) is 8.98. The number of piperidine rings is 1. The fourth-order valence-electron chi connectivity index (χ4n) is 4.54. The van der Waals surface area contributed by atoms with Crippen LogP contribution in [0.3, 0.4) is 0 Å². The lowest BCUT2D eigenvalue weighted by molar-refractivity contribution is -0.120. The number of benzene rings is 2. The van der Waals surface area contributed by atoms with Gasteiger partial charge in [-0.15, -0.1) is 0 Å². The predicted molar refractivity (Wildman–Crippen MR) is 150 cm³/mol. The second-order valence-corrected chi connectivity index (χ2v) is 13.4. The van der Waals surface area contributed by atoms with Crippen molar-refractivity contribution in [2.45, 2.75) is 44.4 Å². The molecule has 4 rings (SSSR count). The third-order valence-electron chi connectivity index (χ3n) is 6.57. The van der Waals surface area contributed by atoms with Crippen molar-refractivity contribution in [1.29, 1.82) is 0 Å². The normalized spacial score (nSPS) is 15.1. The summed E-state index contributed by atoms with van der Waals surface area (Å²) in [5.41, 5.74) is 2.85. The highest BCUT2D eigenvalue weighted by Gasteiger charge is 2.31. The van der Waals surface area contributed by atoms with Crippen molar-refractivity contribution in [3.05, 3.63) is 77.6 Å². The van der Waals surface area contributed by atoms with Crippen LogP contribution in [0.15, 0.2) is 65.6 Å². The molecule has 2 aromatic carbocycles. The van der Waals surface area contributed by atoms with E-state index in [0.29, 0.717) is 55.8 Å². The number of aromatic nitrogens is 2. The summed E-state index contributed by atoms with van der Waals surface area (Å²) < 4.78 is 54.8. The maximum Gasteiger partial charge on any atom is 0.264 e. The van der Waals surface area contributed by atoms with Crippen molar-refractivity contribution >= 4 is 37.6 Å². The molecule has 10 nitrogen and oxygen atoms in total. The average molecular weight is 572 g/mol. The van der Waals surface area contributed by atoms with Gasteiger partial charge in [-0.3, -0.25) is 4.79 Å². The number of nitrogens with zero attached hydrogens (tertiary/aromatic N) is 3. The number of rotatable bonds is 10. The fourth-order valence-corrected chi connectivity index (χ4v) is 7.02. The van der Waals surface area contributed by atoms with E-state index in [1.54, 1.807) is 19.9 Å². The summed E-state index contributed by atoms with van der Waals surface area (Å²) in [5.74, 6) is -0.464. The van der Waals surface area contributed by atoms with E-state index in [1.165, 1.54) is 28.6 Å². The van der Waals surface area contributed by atoms with Gasteiger partial charge in [-0.2, -0.15) is 0 Å². The summed E-state index contributed by atoms with van der Waals surface area (Å²) in [6.45, 7) is 4.10. The first kappa shape index (κ1) is 28.7. The summed E-state index contributed by atoms with van der Waals surface area (Å²) in [5, 5.41) is 2.81. The van der Waals surface area contributed by atoms with E-state index >= 15 is 0 Å². The molecule has 208 valence electrons. The van der Waals surface area contributed by atoms with Crippen LogP contribution >= 0.6 is 0 Å². The fraction of sp³-hybridized carbons (Fsp3) is 0.370. The van der Waals surface area contributed by atoms with E-state index in [9.17, 15) is 21.6 Å². The standard InChI is InChI=1S/C27H33N5O5S2/c1-20-19-21(2)29-27(28-20)31-39(36,37)25-12-10-24(11-13-25)30-26(33)23-14-16-32(17-15-23)38(34,35)18-6-9-22-7-4-3-5-8-22/h3-5,7-8,10-13,19,23H,6,9,14-18H2,1-2H3,(H,30,33)(H,28,29,31). The van der Waals surface area contributed by atoms with Crippen molar-refractivity contribution in [3.8, 4) is 0 Å². The van der Waals surface area contributed by atoms with E-state index in [2.05, 4.69) is 20.0 Å². The Morgan fingerprint density at radius 2 is 1.54 bits per heavy atom. The number of hydrogen-bond donors (Lipinski definition) is 2. The van der Waals surface area contributed by atoms with Crippen molar-refractivity contribution in [2.75, 3.05) is 28.9 Å². The maximum absolute atomic E-state index is 12.8. The molecule has 12 heteroatoms. The van der Waals surface area contributed by atoms with Crippen molar-refractivity contribution in [3.63, 3.8) is 0 Å². The number of nitrogens with one attached hydrogen (secondary N) is 2. The van der Waals surface area contributed by atoms with Crippen LogP contribution in [-0.2, 0) is 31.3 Å². The first-order chi connectivity index (χ1) is 18.5. The molecule has 2 N–H and O–H groups in total. The number of carbonyl (C=O) groups is 1. The molecule has 1 aliphatic heterocycles. The second kappa shape index (κ2) is 12.2. The molecule has 1 amide bonds. The van der Waals surface area contributed by atoms with Crippen molar-refractivity contribution in [2.24, 2.45) is 5.92 Å². The summed E-state index contributed by atoms with van der Waals surface area (Å²) in [4.78, 5) is 21.0. The Hall–Kier alpha value is -3.35. The Bertz CT molecular complexity index is 1480. The van der Waals surface area contributed by atoms with E-state index < -0.39 is 20.0 Å². The van der Waals surface area contributed by atoms with Gasteiger partial charge in [-0.1, -0.05) is 30.3 Å². The molecule has 0 unspecified atom stereocenters. The van der Waals surface area contributed by atoms with Gasteiger partial charge in [0.2, 0.25) is 21.9 Å². The molecule has 0 spiro atoms. The van der Waals surface area contributed by atoms with Gasteiger partial charge in [0.05, 0.1) is 10.6 Å². The molecule has 1 fully saturated rings. The molecule has 2 heterocycles. The Balaban J connectivity index is 1.27. The molecular formula is C27H33N5O5S2. The average Bonchev–Trinajstić information content (AvgIpc) is 2.89. The van der Waals surface area contributed by atoms with Crippen LogP contribution in [0.5, 0.6) is 0 Å². The van der Waals surface area contributed by atoms with Crippen LogP contribution in [0.2, 0.25) is 0 Å². The van der Waals surface area contributed by atoms with Gasteiger partial charge in [0, 0.05) is 36.1 Å². The number of sulfonamides is 2. The molecule has 0 radical (unpaired) electrons. The summed E-state index contributed by atoms with van der Waals surface area (Å²) >= 11 is 0. The van der Waals surface area contributed by atoms with Crippen molar-refractivity contribution in [1.82, 2.24) is 14.3 Å². The molecule has 0 aliphatic carbocycles. The lowest BCUT2D eigenvalue weighted by Crippen LogP contribution is -2.42. The second-order valence-electron chi connectivity index (χ2n) is 9.67. The first-order valence-corrected chi connectivity index (χ1v) is 15.9. The van der Waals surface area contributed by atoms with Crippen molar-refractivity contribution < 1.29 is 21.6 Å². The van der Waals surface area contributed by atoms with Crippen LogP contribution in [0.4, 0.5) is 11.6 Å². The van der Waals surface area contributed by atoms with Gasteiger partial charge in [-0.25, -0.2) is 35.8 Å². The number of amides is 1. The largest absolute Gasteiger partial charge is 0.326 e. The van der Waals surface area contributed by atoms with E-state index in [1.807, 2.05) is 30.3 Å². The van der Waals surface area contributed by atoms with Gasteiger partial charge in [-0.05, 0) is 75.4 Å². The lowest BCUT2D eigenvalue weighted by Gasteiger charge is -2.30. The van der Waals surface area contributed by atoms with Gasteiger partial charge in [0.1, 0.15) is 0 Å². The maximum atomic E-state index is 12.8. The molecule has 0 atom stereocenters. The van der Waals surface area contributed by atoms with Crippen LogP contribution in [-0.4, -0.2) is 55.9 Å². The zero-order valence-electron chi connectivity index (χ0n) is 22.0. The number of anilines is 2. The predicted octanol–water partition coefficient (Wildman–Crippen LogP) is 3.51. The Morgan fingerprint density at radius 3 is 2.15 bits per heavy atom. The molecule has 1 aliphatic rings. The monoisotopic (exact) mass is 571 g/mol. The van der Waals surface area contributed by atoms with Gasteiger partial charge < -0.3 is 5.32 Å². The summed E-state index contributed by atoms with van der Waals surface area (Å²) in [7, 11) is -7.28. The van der Waals surface area contributed by atoms with Crippen LogP contribution in [0.25, 0.3) is 0 Å². The molecule has 0 saturated carbocycles. The van der Waals surface area contributed by atoms with Gasteiger partial charge in [0.15, 0.2) is 0 Å². The minimum atomic E-state index is -3.91. The highest BCUT2D eigenvalue weighted by Crippen LogP contribution is 2.23. The topological polar surface area (TPSA) is 138 Å². The van der Waals surface area contributed by atoms with Gasteiger partial charge in [0.25, 0.3) is 10.0 Å². The van der Waals surface area contributed by atoms with Crippen LogP contribution in [0.1, 0.15) is 36.2 Å². The van der Waals surface area contributed by atoms with E-state index in [-0.39, 0.29) is 28.4 Å². The highest BCUT2D eigenvalue weighted by atomic mass is 32.2. The molecular weight excluding hydrogens is 538 g/mol. The quantitative estimate of drug-likeness (QED) is 0.380. The zero-order valence-corrected chi connectivity index (χ0v) is 23.6. The first-order valence-electron chi connectivity index (χ1n) is 12.8. The minimum absolute atomic E-state index is 0.00516. The number of aryl methyl sites for hydroxylation is 3. The van der Waals surface area contributed by atoms with Gasteiger partial charge >= 0.3 is 0 Å². The van der Waals surface area contributed by atoms with Crippen LogP contribution in [0, 0.1) is 19.8 Å². The number of hydrogen-bond acceptors (Lipinski definition) is 7. The number of carbonyl (C=O) groups excluding carboxylic acids is 1. The lowest BCUT2D eigenvalue weighted by atomic mass is 9.97. The highest BCUT2D eigenvalue weighted by molar-refractivity contribution is 7.92. The molecule has 39 heavy (non-hydrogen) atoms. The molecule has 0 bridgehead atoms. The van der Waals surface area contributed by atoms with E-state index in [4.69, 9.17) is 0 Å². The Labute approximate surface area is 230 Å².